The van der Waals surface area contributed by atoms with Crippen molar-refractivity contribution in [3.63, 3.8) is 0 Å². The number of aromatic nitrogens is 1. The molecule has 0 saturated heterocycles. The standard InChI is InChI=1S/C12H19BrN2/c1-5-8(2)10(4)15-12-9(3)6-11(13)7-14-12/h6-8,10H,5H2,1-4H3,(H,14,15). The Morgan fingerprint density at radius 2 is 2.13 bits per heavy atom. The average Bonchev–Trinajstić information content (AvgIpc) is 2.20. The van der Waals surface area contributed by atoms with E-state index in [0.717, 1.165) is 10.3 Å². The predicted octanol–water partition coefficient (Wildman–Crippen LogP) is 4.00. The zero-order chi connectivity index (χ0) is 11.4. The monoisotopic (exact) mass is 270 g/mol. The zero-order valence-corrected chi connectivity index (χ0v) is 11.4. The second-order valence-corrected chi connectivity index (χ2v) is 5.05. The van der Waals surface area contributed by atoms with Crippen LogP contribution >= 0.6 is 15.9 Å². The first kappa shape index (κ1) is 12.5. The fourth-order valence-electron chi connectivity index (χ4n) is 1.40. The number of pyridine rings is 1. The van der Waals surface area contributed by atoms with E-state index in [1.54, 1.807) is 0 Å². The molecule has 2 unspecified atom stereocenters. The lowest BCUT2D eigenvalue weighted by Crippen LogP contribution is -2.24. The summed E-state index contributed by atoms with van der Waals surface area (Å²) in [5.41, 5.74) is 1.18. The SMILES string of the molecule is CCC(C)C(C)Nc1ncc(Br)cc1C. The second kappa shape index (κ2) is 5.50. The molecule has 0 saturated carbocycles. The largest absolute Gasteiger partial charge is 0.367 e. The smallest absolute Gasteiger partial charge is 0.129 e. The summed E-state index contributed by atoms with van der Waals surface area (Å²) < 4.78 is 1.03. The van der Waals surface area contributed by atoms with E-state index in [-0.39, 0.29) is 0 Å². The number of aryl methyl sites for hydroxylation is 1. The van der Waals surface area contributed by atoms with E-state index in [1.807, 2.05) is 6.20 Å². The summed E-state index contributed by atoms with van der Waals surface area (Å²) in [6.45, 7) is 8.75. The highest BCUT2D eigenvalue weighted by Gasteiger charge is 2.11. The van der Waals surface area contributed by atoms with Crippen molar-refractivity contribution >= 4 is 21.7 Å². The van der Waals surface area contributed by atoms with E-state index in [4.69, 9.17) is 0 Å². The maximum atomic E-state index is 4.38. The van der Waals surface area contributed by atoms with Gasteiger partial charge < -0.3 is 5.32 Å². The van der Waals surface area contributed by atoms with Crippen LogP contribution in [0.2, 0.25) is 0 Å². The Bertz CT molecular complexity index is 325. The highest BCUT2D eigenvalue weighted by molar-refractivity contribution is 9.10. The van der Waals surface area contributed by atoms with Crippen molar-refractivity contribution in [3.8, 4) is 0 Å². The van der Waals surface area contributed by atoms with Crippen molar-refractivity contribution in [2.75, 3.05) is 5.32 Å². The molecule has 3 heteroatoms. The summed E-state index contributed by atoms with van der Waals surface area (Å²) in [6.07, 6.45) is 3.02. The molecular weight excluding hydrogens is 252 g/mol. The normalized spacial score (nSPS) is 14.7. The molecule has 2 nitrogen and oxygen atoms in total. The summed E-state index contributed by atoms with van der Waals surface area (Å²) in [4.78, 5) is 4.38. The van der Waals surface area contributed by atoms with Crippen molar-refractivity contribution in [2.45, 2.75) is 40.2 Å². The third kappa shape index (κ3) is 3.49. The molecule has 0 aromatic carbocycles. The lowest BCUT2D eigenvalue weighted by Gasteiger charge is -2.21. The van der Waals surface area contributed by atoms with Crippen molar-refractivity contribution in [2.24, 2.45) is 5.92 Å². The van der Waals surface area contributed by atoms with Crippen LogP contribution in [0, 0.1) is 12.8 Å². The first-order valence-corrected chi connectivity index (χ1v) is 6.22. The number of nitrogens with zero attached hydrogens (tertiary/aromatic N) is 1. The molecule has 0 aliphatic carbocycles. The molecular formula is C12H19BrN2. The number of hydrogen-bond acceptors (Lipinski definition) is 2. The highest BCUT2D eigenvalue weighted by Crippen LogP contribution is 2.19. The van der Waals surface area contributed by atoms with Crippen molar-refractivity contribution in [1.82, 2.24) is 4.98 Å². The van der Waals surface area contributed by atoms with Gasteiger partial charge in [0.05, 0.1) is 0 Å². The van der Waals surface area contributed by atoms with Crippen molar-refractivity contribution in [1.29, 1.82) is 0 Å². The average molecular weight is 271 g/mol. The Morgan fingerprint density at radius 3 is 2.67 bits per heavy atom. The second-order valence-electron chi connectivity index (χ2n) is 4.14. The van der Waals surface area contributed by atoms with E-state index >= 15 is 0 Å². The van der Waals surface area contributed by atoms with Gasteiger partial charge in [-0.1, -0.05) is 20.3 Å². The molecule has 0 radical (unpaired) electrons. The molecule has 1 aromatic heterocycles. The van der Waals surface area contributed by atoms with Gasteiger partial charge in [-0.05, 0) is 47.3 Å². The van der Waals surface area contributed by atoms with Crippen LogP contribution in [0.3, 0.4) is 0 Å². The Labute approximate surface area is 101 Å². The minimum absolute atomic E-state index is 0.461. The summed E-state index contributed by atoms with van der Waals surface area (Å²) in [7, 11) is 0. The molecule has 0 bridgehead atoms. The molecule has 0 fully saturated rings. The first-order chi connectivity index (χ1) is 7.04. The zero-order valence-electron chi connectivity index (χ0n) is 9.84. The van der Waals surface area contributed by atoms with Gasteiger partial charge in [-0.25, -0.2) is 4.98 Å². The Hall–Kier alpha value is -0.570. The van der Waals surface area contributed by atoms with Crippen LogP contribution in [-0.2, 0) is 0 Å². The van der Waals surface area contributed by atoms with Gasteiger partial charge in [-0.3, -0.25) is 0 Å². The van der Waals surface area contributed by atoms with Crippen molar-refractivity contribution < 1.29 is 0 Å². The molecule has 2 atom stereocenters. The molecule has 1 N–H and O–H groups in total. The minimum atomic E-state index is 0.461. The topological polar surface area (TPSA) is 24.9 Å². The molecule has 84 valence electrons. The molecule has 0 aliphatic heterocycles. The van der Waals surface area contributed by atoms with Gasteiger partial charge in [0.2, 0.25) is 0 Å². The van der Waals surface area contributed by atoms with Gasteiger partial charge in [0.1, 0.15) is 5.82 Å². The lowest BCUT2D eigenvalue weighted by molar-refractivity contribution is 0.493. The van der Waals surface area contributed by atoms with Gasteiger partial charge >= 0.3 is 0 Å². The Morgan fingerprint density at radius 1 is 1.47 bits per heavy atom. The highest BCUT2D eigenvalue weighted by atomic mass is 79.9. The molecule has 15 heavy (non-hydrogen) atoms. The number of hydrogen-bond donors (Lipinski definition) is 1. The number of halogens is 1. The van der Waals surface area contributed by atoms with E-state index in [2.05, 4.69) is 60.0 Å². The number of rotatable bonds is 4. The van der Waals surface area contributed by atoms with Gasteiger partial charge in [0.25, 0.3) is 0 Å². The molecule has 0 amide bonds. The summed E-state index contributed by atoms with van der Waals surface area (Å²) in [5.74, 6) is 1.65. The third-order valence-corrected chi connectivity index (χ3v) is 3.34. The lowest BCUT2D eigenvalue weighted by atomic mass is 10.0. The van der Waals surface area contributed by atoms with E-state index in [0.29, 0.717) is 12.0 Å². The van der Waals surface area contributed by atoms with Crippen LogP contribution in [0.5, 0.6) is 0 Å². The maximum Gasteiger partial charge on any atom is 0.129 e. The Balaban J connectivity index is 2.72. The van der Waals surface area contributed by atoms with Crippen LogP contribution < -0.4 is 5.32 Å². The fraction of sp³-hybridized carbons (Fsp3) is 0.583. The molecule has 1 rings (SSSR count). The summed E-state index contributed by atoms with van der Waals surface area (Å²) in [5, 5.41) is 3.46. The molecule has 0 spiro atoms. The third-order valence-electron chi connectivity index (χ3n) is 2.91. The van der Waals surface area contributed by atoms with Crippen LogP contribution in [0.1, 0.15) is 32.8 Å². The van der Waals surface area contributed by atoms with Gasteiger partial charge in [-0.15, -0.1) is 0 Å². The summed E-state index contributed by atoms with van der Waals surface area (Å²) >= 11 is 3.41. The molecule has 1 aromatic rings. The van der Waals surface area contributed by atoms with Crippen LogP contribution in [0.25, 0.3) is 0 Å². The van der Waals surface area contributed by atoms with Crippen LogP contribution in [0.4, 0.5) is 5.82 Å². The van der Waals surface area contributed by atoms with E-state index in [9.17, 15) is 0 Å². The number of nitrogens with one attached hydrogen (secondary N) is 1. The summed E-state index contributed by atoms with van der Waals surface area (Å²) in [6, 6.07) is 2.54. The number of anilines is 1. The fourth-order valence-corrected chi connectivity index (χ4v) is 1.85. The predicted molar refractivity (Wildman–Crippen MR) is 69.2 cm³/mol. The van der Waals surface area contributed by atoms with Crippen LogP contribution in [0.15, 0.2) is 16.7 Å². The quantitative estimate of drug-likeness (QED) is 0.895. The van der Waals surface area contributed by atoms with Crippen molar-refractivity contribution in [3.05, 3.63) is 22.3 Å². The first-order valence-electron chi connectivity index (χ1n) is 5.43. The Kier molecular flexibility index (Phi) is 4.58. The van der Waals surface area contributed by atoms with Gasteiger partial charge in [0.15, 0.2) is 0 Å². The molecule has 0 aliphatic rings. The van der Waals surface area contributed by atoms with Gasteiger partial charge in [-0.2, -0.15) is 0 Å². The van der Waals surface area contributed by atoms with E-state index in [1.165, 1.54) is 12.0 Å². The van der Waals surface area contributed by atoms with Gasteiger partial charge in [0, 0.05) is 16.7 Å². The maximum absolute atomic E-state index is 4.38. The van der Waals surface area contributed by atoms with E-state index < -0.39 is 0 Å². The molecule has 1 heterocycles. The van der Waals surface area contributed by atoms with Crippen LogP contribution in [-0.4, -0.2) is 11.0 Å². The minimum Gasteiger partial charge on any atom is -0.367 e.